The van der Waals surface area contributed by atoms with Gasteiger partial charge in [0.05, 0.1) is 10.7 Å². The van der Waals surface area contributed by atoms with Gasteiger partial charge in [-0.1, -0.05) is 34.8 Å². The molecule has 0 amide bonds. The van der Waals surface area contributed by atoms with E-state index in [1.165, 1.54) is 16.5 Å². The fraction of sp³-hybridized carbons (Fsp3) is 0.263. The molecule has 0 aliphatic heterocycles. The van der Waals surface area contributed by atoms with Crippen molar-refractivity contribution < 1.29 is 0 Å². The van der Waals surface area contributed by atoms with Crippen LogP contribution in [0.3, 0.4) is 0 Å². The molecule has 3 rings (SSSR count). The molecule has 1 aromatic heterocycles. The maximum Gasteiger partial charge on any atom is 0.0514 e. The smallest absolute Gasteiger partial charge is 0.0514 e. The van der Waals surface area contributed by atoms with Gasteiger partial charge in [-0.2, -0.15) is 0 Å². The largest absolute Gasteiger partial charge is 0.354 e. The molecule has 0 saturated heterocycles. The van der Waals surface area contributed by atoms with Gasteiger partial charge in [-0.25, -0.2) is 0 Å². The second kappa shape index (κ2) is 6.96. The molecule has 0 aliphatic rings. The third-order valence-corrected chi connectivity index (χ3v) is 4.69. The molecule has 0 saturated carbocycles. The predicted octanol–water partition coefficient (Wildman–Crippen LogP) is 5.73. The Hall–Kier alpha value is -1.48. The van der Waals surface area contributed by atoms with Crippen molar-refractivity contribution in [3.8, 4) is 11.3 Å². The minimum absolute atomic E-state index is 0.649. The van der Waals surface area contributed by atoms with Gasteiger partial charge in [0.15, 0.2) is 0 Å². The SMILES string of the molecule is Cc1ccc2[nH]c(-c3ccc(Cl)cc3Cl)c(CCCCN)c2c1. The van der Waals surface area contributed by atoms with Crippen LogP contribution >= 0.6 is 23.2 Å². The monoisotopic (exact) mass is 346 g/mol. The van der Waals surface area contributed by atoms with Crippen LogP contribution in [0, 0.1) is 6.92 Å². The van der Waals surface area contributed by atoms with Gasteiger partial charge in [-0.3, -0.25) is 0 Å². The van der Waals surface area contributed by atoms with Gasteiger partial charge in [0.2, 0.25) is 0 Å². The lowest BCUT2D eigenvalue weighted by molar-refractivity contribution is 0.748. The first-order chi connectivity index (χ1) is 11.1. The normalized spacial score (nSPS) is 11.3. The number of H-pyrrole nitrogens is 1. The van der Waals surface area contributed by atoms with Gasteiger partial charge >= 0.3 is 0 Å². The molecule has 3 aromatic rings. The number of aryl methyl sites for hydroxylation is 2. The van der Waals surface area contributed by atoms with E-state index in [0.29, 0.717) is 10.0 Å². The van der Waals surface area contributed by atoms with Gasteiger partial charge in [0, 0.05) is 21.5 Å². The van der Waals surface area contributed by atoms with Gasteiger partial charge in [0.25, 0.3) is 0 Å². The number of halogens is 2. The number of nitrogens with two attached hydrogens (primary N) is 1. The molecule has 0 spiro atoms. The molecule has 0 bridgehead atoms. The van der Waals surface area contributed by atoms with Crippen molar-refractivity contribution in [2.75, 3.05) is 6.54 Å². The third-order valence-electron chi connectivity index (χ3n) is 4.14. The molecule has 120 valence electrons. The summed E-state index contributed by atoms with van der Waals surface area (Å²) in [5, 5.41) is 2.58. The van der Waals surface area contributed by atoms with Crippen LogP contribution in [0.2, 0.25) is 10.0 Å². The minimum Gasteiger partial charge on any atom is -0.354 e. The first kappa shape index (κ1) is 16.4. The van der Waals surface area contributed by atoms with Crippen molar-refractivity contribution >= 4 is 34.1 Å². The molecule has 4 heteroatoms. The van der Waals surface area contributed by atoms with Crippen molar-refractivity contribution in [2.24, 2.45) is 5.73 Å². The predicted molar refractivity (Wildman–Crippen MR) is 100 cm³/mol. The van der Waals surface area contributed by atoms with E-state index in [0.717, 1.165) is 42.6 Å². The van der Waals surface area contributed by atoms with Crippen LogP contribution in [-0.2, 0) is 6.42 Å². The number of hydrogen-bond acceptors (Lipinski definition) is 1. The summed E-state index contributed by atoms with van der Waals surface area (Å²) < 4.78 is 0. The fourth-order valence-corrected chi connectivity index (χ4v) is 3.49. The van der Waals surface area contributed by atoms with Crippen LogP contribution in [0.1, 0.15) is 24.0 Å². The standard InChI is InChI=1S/C19H20Cl2N2/c1-12-5-8-18-16(10-12)14(4-2-3-9-22)19(23-18)15-7-6-13(20)11-17(15)21/h5-8,10-11,23H,2-4,9,22H2,1H3. The van der Waals surface area contributed by atoms with E-state index in [-0.39, 0.29) is 0 Å². The molecule has 2 aromatic carbocycles. The van der Waals surface area contributed by atoms with Crippen LogP contribution in [-0.4, -0.2) is 11.5 Å². The van der Waals surface area contributed by atoms with Crippen LogP contribution < -0.4 is 5.73 Å². The molecule has 0 unspecified atom stereocenters. The zero-order valence-corrected chi connectivity index (χ0v) is 14.6. The molecule has 3 N–H and O–H groups in total. The number of aromatic nitrogens is 1. The Balaban J connectivity index is 2.16. The summed E-state index contributed by atoms with van der Waals surface area (Å²) in [6, 6.07) is 12.1. The number of rotatable bonds is 5. The molecule has 1 heterocycles. The van der Waals surface area contributed by atoms with Gasteiger partial charge in [0.1, 0.15) is 0 Å². The molecule has 2 nitrogen and oxygen atoms in total. The van der Waals surface area contributed by atoms with E-state index >= 15 is 0 Å². The quantitative estimate of drug-likeness (QED) is 0.569. The van der Waals surface area contributed by atoms with Crippen molar-refractivity contribution in [3.05, 3.63) is 57.6 Å². The zero-order chi connectivity index (χ0) is 16.4. The molecular weight excluding hydrogens is 327 g/mol. The summed E-state index contributed by atoms with van der Waals surface area (Å²) >= 11 is 12.5. The minimum atomic E-state index is 0.649. The van der Waals surface area contributed by atoms with Gasteiger partial charge in [-0.05, 0) is 68.6 Å². The van der Waals surface area contributed by atoms with Crippen molar-refractivity contribution in [2.45, 2.75) is 26.2 Å². The summed E-state index contributed by atoms with van der Waals surface area (Å²) in [6.45, 7) is 2.84. The summed E-state index contributed by atoms with van der Waals surface area (Å²) in [5.41, 5.74) is 11.4. The Morgan fingerprint density at radius 3 is 2.61 bits per heavy atom. The van der Waals surface area contributed by atoms with E-state index < -0.39 is 0 Å². The number of benzene rings is 2. The highest BCUT2D eigenvalue weighted by Crippen LogP contribution is 2.36. The Kier molecular flexibility index (Phi) is 4.96. The van der Waals surface area contributed by atoms with Crippen LogP contribution in [0.4, 0.5) is 0 Å². The van der Waals surface area contributed by atoms with Crippen molar-refractivity contribution in [1.82, 2.24) is 4.98 Å². The van der Waals surface area contributed by atoms with E-state index in [2.05, 4.69) is 30.1 Å². The summed E-state index contributed by atoms with van der Waals surface area (Å²) in [4.78, 5) is 3.54. The Morgan fingerprint density at radius 2 is 1.87 bits per heavy atom. The number of hydrogen-bond donors (Lipinski definition) is 2. The highest BCUT2D eigenvalue weighted by Gasteiger charge is 2.15. The Morgan fingerprint density at radius 1 is 1.04 bits per heavy atom. The maximum absolute atomic E-state index is 6.43. The second-order valence-corrected chi connectivity index (χ2v) is 6.74. The van der Waals surface area contributed by atoms with E-state index in [4.69, 9.17) is 28.9 Å². The average molecular weight is 347 g/mol. The Labute approximate surface area is 146 Å². The fourth-order valence-electron chi connectivity index (χ4n) is 2.99. The van der Waals surface area contributed by atoms with Crippen LogP contribution in [0.25, 0.3) is 22.2 Å². The number of nitrogens with one attached hydrogen (secondary N) is 1. The number of aromatic amines is 1. The number of fused-ring (bicyclic) bond motifs is 1. The molecule has 23 heavy (non-hydrogen) atoms. The lowest BCUT2D eigenvalue weighted by Gasteiger charge is -2.08. The highest BCUT2D eigenvalue weighted by molar-refractivity contribution is 6.36. The van der Waals surface area contributed by atoms with E-state index in [1.54, 1.807) is 6.07 Å². The topological polar surface area (TPSA) is 41.8 Å². The van der Waals surface area contributed by atoms with Crippen LogP contribution in [0.15, 0.2) is 36.4 Å². The average Bonchev–Trinajstić information content (AvgIpc) is 2.85. The molecule has 0 radical (unpaired) electrons. The first-order valence-electron chi connectivity index (χ1n) is 7.87. The van der Waals surface area contributed by atoms with E-state index in [1.807, 2.05) is 12.1 Å². The van der Waals surface area contributed by atoms with Crippen molar-refractivity contribution in [1.29, 1.82) is 0 Å². The van der Waals surface area contributed by atoms with E-state index in [9.17, 15) is 0 Å². The molecular formula is C19H20Cl2N2. The van der Waals surface area contributed by atoms with Crippen LogP contribution in [0.5, 0.6) is 0 Å². The van der Waals surface area contributed by atoms with Gasteiger partial charge < -0.3 is 10.7 Å². The molecule has 0 aliphatic carbocycles. The van der Waals surface area contributed by atoms with Crippen molar-refractivity contribution in [3.63, 3.8) is 0 Å². The number of unbranched alkanes of at least 4 members (excludes halogenated alkanes) is 1. The first-order valence-corrected chi connectivity index (χ1v) is 8.62. The summed E-state index contributed by atoms with van der Waals surface area (Å²) in [5.74, 6) is 0. The Bertz CT molecular complexity index is 837. The second-order valence-electron chi connectivity index (χ2n) is 5.90. The molecule has 0 atom stereocenters. The summed E-state index contributed by atoms with van der Waals surface area (Å²) in [7, 11) is 0. The lowest BCUT2D eigenvalue weighted by atomic mass is 9.99. The lowest BCUT2D eigenvalue weighted by Crippen LogP contribution is -1.99. The highest BCUT2D eigenvalue weighted by atomic mass is 35.5. The summed E-state index contributed by atoms with van der Waals surface area (Å²) in [6.07, 6.45) is 3.07. The molecule has 0 fully saturated rings. The third kappa shape index (κ3) is 3.40. The maximum atomic E-state index is 6.43. The zero-order valence-electron chi connectivity index (χ0n) is 13.1. The van der Waals surface area contributed by atoms with Gasteiger partial charge in [-0.15, -0.1) is 0 Å².